The molecule has 3 rings (SSSR count). The summed E-state index contributed by atoms with van der Waals surface area (Å²) in [7, 11) is 0. The molecule has 3 N–H and O–H groups in total. The van der Waals surface area contributed by atoms with Crippen LogP contribution in [0, 0.1) is 0 Å². The summed E-state index contributed by atoms with van der Waals surface area (Å²) in [4.78, 5) is 16.6. The number of aromatic nitrogens is 5. The van der Waals surface area contributed by atoms with Gasteiger partial charge in [0, 0.05) is 19.0 Å². The van der Waals surface area contributed by atoms with Gasteiger partial charge < -0.3 is 15.8 Å². The number of nitrogens with one attached hydrogen (secondary N) is 1. The lowest BCUT2D eigenvalue weighted by atomic mass is 9.95. The smallest absolute Gasteiger partial charge is 0.241 e. The minimum atomic E-state index is -0.208. The molecule has 2 unspecified atom stereocenters. The number of nitrogens with zero attached hydrogens (tertiary/aromatic N) is 5. The molecule has 106 valence electrons. The van der Waals surface area contributed by atoms with Crippen molar-refractivity contribution in [2.45, 2.75) is 31.9 Å². The Morgan fingerprint density at radius 1 is 1.45 bits per heavy atom. The van der Waals surface area contributed by atoms with Crippen LogP contribution in [0.2, 0.25) is 0 Å². The normalized spacial score (nSPS) is 25.8. The predicted octanol–water partition coefficient (Wildman–Crippen LogP) is 0.619. The lowest BCUT2D eigenvalue weighted by molar-refractivity contribution is 0.105. The molecule has 2 aromatic heterocycles. The number of nitrogens with two attached hydrogens (primary N) is 1. The van der Waals surface area contributed by atoms with Crippen LogP contribution in [-0.4, -0.2) is 42.8 Å². The van der Waals surface area contributed by atoms with E-state index in [0.29, 0.717) is 11.9 Å². The first kappa shape index (κ1) is 12.8. The van der Waals surface area contributed by atoms with E-state index in [2.05, 4.69) is 32.2 Å². The lowest BCUT2D eigenvalue weighted by Crippen LogP contribution is -2.42. The number of hydrogen-bond donors (Lipinski definition) is 2. The number of nitrogen functional groups attached to an aromatic ring is 1. The zero-order valence-electron chi connectivity index (χ0n) is 11.4. The number of hydrogen-bond acceptors (Lipinski definition) is 7. The van der Waals surface area contributed by atoms with Gasteiger partial charge in [0.2, 0.25) is 17.8 Å². The van der Waals surface area contributed by atoms with Gasteiger partial charge in [0.25, 0.3) is 0 Å². The molecular formula is C12H17N7O. The average Bonchev–Trinajstić information content (AvgIpc) is 3.00. The third-order valence-electron chi connectivity index (χ3n) is 3.66. The molecule has 8 heteroatoms. The maximum absolute atomic E-state index is 5.75. The summed E-state index contributed by atoms with van der Waals surface area (Å²) in [6.07, 6.45) is 5.99. The van der Waals surface area contributed by atoms with Crippen LogP contribution in [0.5, 0.6) is 0 Å². The van der Waals surface area contributed by atoms with Crippen molar-refractivity contribution < 1.29 is 4.74 Å². The van der Waals surface area contributed by atoms with E-state index in [1.165, 1.54) is 0 Å². The van der Waals surface area contributed by atoms with Crippen LogP contribution in [0.3, 0.4) is 0 Å². The molecule has 2 atom stereocenters. The highest BCUT2D eigenvalue weighted by atomic mass is 16.5. The van der Waals surface area contributed by atoms with E-state index < -0.39 is 0 Å². The van der Waals surface area contributed by atoms with Gasteiger partial charge in [0.15, 0.2) is 0 Å². The molecule has 0 aliphatic carbocycles. The van der Waals surface area contributed by atoms with Crippen LogP contribution < -0.4 is 11.1 Å². The van der Waals surface area contributed by atoms with Crippen LogP contribution in [0.4, 0.5) is 11.9 Å². The van der Waals surface area contributed by atoms with Gasteiger partial charge in [-0.05, 0) is 20.3 Å². The topological polar surface area (TPSA) is 104 Å². The molecule has 1 fully saturated rings. The molecular weight excluding hydrogens is 258 g/mol. The zero-order valence-corrected chi connectivity index (χ0v) is 11.4. The predicted molar refractivity (Wildman–Crippen MR) is 73.4 cm³/mol. The molecule has 0 amide bonds. The molecule has 0 spiro atoms. The Balaban J connectivity index is 1.90. The monoisotopic (exact) mass is 275 g/mol. The van der Waals surface area contributed by atoms with Crippen molar-refractivity contribution in [1.82, 2.24) is 24.5 Å². The van der Waals surface area contributed by atoms with Gasteiger partial charge in [0.1, 0.15) is 6.33 Å². The second-order valence-corrected chi connectivity index (χ2v) is 5.09. The Morgan fingerprint density at radius 2 is 2.30 bits per heavy atom. The first-order valence-electron chi connectivity index (χ1n) is 6.46. The summed E-state index contributed by atoms with van der Waals surface area (Å²) in [6.45, 7) is 4.84. The largest absolute Gasteiger partial charge is 0.376 e. The van der Waals surface area contributed by atoms with Gasteiger partial charge in [0.05, 0.1) is 11.6 Å². The fourth-order valence-corrected chi connectivity index (χ4v) is 2.18. The van der Waals surface area contributed by atoms with Gasteiger partial charge in [-0.1, -0.05) is 0 Å². The van der Waals surface area contributed by atoms with Gasteiger partial charge in [-0.15, -0.1) is 0 Å². The molecule has 1 aliphatic heterocycles. The maximum atomic E-state index is 5.75. The molecule has 0 aromatic carbocycles. The summed E-state index contributed by atoms with van der Waals surface area (Å²) in [6, 6.07) is 0. The summed E-state index contributed by atoms with van der Waals surface area (Å²) >= 11 is 0. The maximum Gasteiger partial charge on any atom is 0.241 e. The summed E-state index contributed by atoms with van der Waals surface area (Å²) in [5.74, 6) is 1.05. The molecule has 20 heavy (non-hydrogen) atoms. The molecule has 1 saturated heterocycles. The first-order valence-corrected chi connectivity index (χ1v) is 6.46. The standard InChI is InChI=1S/C12H17N7O/c1-8-12(2,3-6-20-8)18-10-15-9(13)16-11(17-10)19-5-4-14-7-19/h4-5,7-8H,3,6H2,1-2H3,(H3,13,15,16,17,18). The minimum absolute atomic E-state index is 0.0807. The van der Waals surface area contributed by atoms with Crippen LogP contribution in [-0.2, 0) is 4.74 Å². The highest BCUT2D eigenvalue weighted by Crippen LogP contribution is 2.28. The highest BCUT2D eigenvalue weighted by Gasteiger charge is 2.37. The van der Waals surface area contributed by atoms with Crippen LogP contribution in [0.15, 0.2) is 18.7 Å². The molecule has 0 radical (unpaired) electrons. The summed E-state index contributed by atoms with van der Waals surface area (Å²) in [5.41, 5.74) is 5.54. The fraction of sp³-hybridized carbons (Fsp3) is 0.500. The van der Waals surface area contributed by atoms with Crippen LogP contribution in [0.1, 0.15) is 20.3 Å². The first-order chi connectivity index (χ1) is 9.57. The van der Waals surface area contributed by atoms with Gasteiger partial charge >= 0.3 is 0 Å². The second kappa shape index (κ2) is 4.71. The van der Waals surface area contributed by atoms with E-state index in [1.54, 1.807) is 23.3 Å². The average molecular weight is 275 g/mol. The summed E-state index contributed by atoms with van der Waals surface area (Å²) in [5, 5.41) is 3.31. The van der Waals surface area contributed by atoms with Crippen LogP contribution in [0.25, 0.3) is 5.95 Å². The fourth-order valence-electron chi connectivity index (χ4n) is 2.18. The van der Waals surface area contributed by atoms with E-state index in [4.69, 9.17) is 10.5 Å². The van der Waals surface area contributed by atoms with Crippen molar-refractivity contribution in [2.75, 3.05) is 17.7 Å². The van der Waals surface area contributed by atoms with E-state index in [1.807, 2.05) is 6.92 Å². The van der Waals surface area contributed by atoms with Gasteiger partial charge in [-0.2, -0.15) is 15.0 Å². The molecule has 3 heterocycles. The van der Waals surface area contributed by atoms with Gasteiger partial charge in [-0.25, -0.2) is 4.98 Å². The SMILES string of the molecule is CC1OCCC1(C)Nc1nc(N)nc(-n2ccnc2)n1. The van der Waals surface area contributed by atoms with Crippen LogP contribution >= 0.6 is 0 Å². The molecule has 2 aromatic rings. The van der Waals surface area contributed by atoms with Crippen molar-refractivity contribution in [3.63, 3.8) is 0 Å². The lowest BCUT2D eigenvalue weighted by Gasteiger charge is -2.28. The van der Waals surface area contributed by atoms with Gasteiger partial charge in [-0.3, -0.25) is 4.57 Å². The number of rotatable bonds is 3. The molecule has 1 aliphatic rings. The summed E-state index contributed by atoms with van der Waals surface area (Å²) < 4.78 is 7.27. The minimum Gasteiger partial charge on any atom is -0.376 e. The molecule has 0 bridgehead atoms. The van der Waals surface area contributed by atoms with Crippen molar-refractivity contribution in [1.29, 1.82) is 0 Å². The Labute approximate surface area is 116 Å². The number of imidazole rings is 1. The quantitative estimate of drug-likeness (QED) is 0.846. The number of ether oxygens (including phenoxy) is 1. The van der Waals surface area contributed by atoms with Crippen molar-refractivity contribution in [2.24, 2.45) is 0 Å². The Hall–Kier alpha value is -2.22. The third kappa shape index (κ3) is 2.29. The molecule has 0 saturated carbocycles. The Kier molecular flexibility index (Phi) is 3.01. The van der Waals surface area contributed by atoms with E-state index in [0.717, 1.165) is 13.0 Å². The highest BCUT2D eigenvalue weighted by molar-refractivity contribution is 5.38. The van der Waals surface area contributed by atoms with E-state index in [9.17, 15) is 0 Å². The van der Waals surface area contributed by atoms with E-state index >= 15 is 0 Å². The van der Waals surface area contributed by atoms with Crippen molar-refractivity contribution in [3.05, 3.63) is 18.7 Å². The molecule has 8 nitrogen and oxygen atoms in total. The Morgan fingerprint density at radius 3 is 2.95 bits per heavy atom. The second-order valence-electron chi connectivity index (χ2n) is 5.09. The van der Waals surface area contributed by atoms with Crippen molar-refractivity contribution >= 4 is 11.9 Å². The third-order valence-corrected chi connectivity index (χ3v) is 3.66. The Bertz CT molecular complexity index is 600. The number of anilines is 2. The van der Waals surface area contributed by atoms with E-state index in [-0.39, 0.29) is 17.6 Å². The van der Waals surface area contributed by atoms with Crippen molar-refractivity contribution in [3.8, 4) is 5.95 Å². The zero-order chi connectivity index (χ0) is 14.2.